The molecule has 1 aliphatic carbocycles. The van der Waals surface area contributed by atoms with E-state index in [0.717, 1.165) is 34.9 Å². The average Bonchev–Trinajstić information content (AvgIpc) is 3.36. The van der Waals surface area contributed by atoms with Gasteiger partial charge in [0.05, 0.1) is 12.3 Å². The summed E-state index contributed by atoms with van der Waals surface area (Å²) in [5.74, 6) is 0.0235. The van der Waals surface area contributed by atoms with Crippen LogP contribution in [-0.4, -0.2) is 52.3 Å². The number of aromatic nitrogens is 2. The Balaban J connectivity index is 1.50. The molecule has 1 heterocycles. The van der Waals surface area contributed by atoms with Crippen LogP contribution in [0.5, 0.6) is 0 Å². The normalized spacial score (nSPS) is 13.2. The van der Waals surface area contributed by atoms with E-state index >= 15 is 0 Å². The largest absolute Gasteiger partial charge is 0.352 e. The second kappa shape index (κ2) is 9.38. The van der Waals surface area contributed by atoms with Crippen molar-refractivity contribution in [2.24, 2.45) is 0 Å². The van der Waals surface area contributed by atoms with Crippen molar-refractivity contribution in [3.8, 4) is 0 Å². The molecule has 7 nitrogen and oxygen atoms in total. The number of hydrogen-bond acceptors (Lipinski definition) is 7. The maximum absolute atomic E-state index is 12.2. The number of hydrogen-bond donors (Lipinski definition) is 2. The fourth-order valence-electron chi connectivity index (χ4n) is 2.67. The van der Waals surface area contributed by atoms with Crippen molar-refractivity contribution >= 4 is 45.7 Å². The fraction of sp³-hybridized carbons (Fsp3) is 0.474. The molecule has 3 rings (SSSR count). The van der Waals surface area contributed by atoms with Crippen LogP contribution in [0.2, 0.25) is 0 Å². The molecular formula is C19H25N5O2S2. The molecule has 150 valence electrons. The number of likely N-dealkylation sites (N-methyl/N-ethyl adjacent to an activating group) is 1. The molecule has 1 saturated carbocycles. The predicted octanol–water partition coefficient (Wildman–Crippen LogP) is 2.98. The molecule has 28 heavy (non-hydrogen) atoms. The molecule has 1 aromatic carbocycles. The second-order valence-corrected chi connectivity index (χ2v) is 9.04. The van der Waals surface area contributed by atoms with Gasteiger partial charge in [-0.05, 0) is 37.3 Å². The molecule has 0 saturated heterocycles. The predicted molar refractivity (Wildman–Crippen MR) is 113 cm³/mol. The van der Waals surface area contributed by atoms with E-state index in [9.17, 15) is 9.59 Å². The molecule has 0 aliphatic heterocycles. The molecule has 0 radical (unpaired) electrons. The SMILES string of the molecule is CCc1cccc(C)c1Nc1nnc(SCC(=O)N(C)CC(=O)NC2CC2)s1. The van der Waals surface area contributed by atoms with Crippen LogP contribution in [0.3, 0.4) is 0 Å². The van der Waals surface area contributed by atoms with Crippen LogP contribution in [0.4, 0.5) is 10.8 Å². The van der Waals surface area contributed by atoms with Gasteiger partial charge in [-0.25, -0.2) is 0 Å². The van der Waals surface area contributed by atoms with E-state index in [2.05, 4.69) is 46.8 Å². The van der Waals surface area contributed by atoms with Crippen LogP contribution in [0, 0.1) is 6.92 Å². The third kappa shape index (κ3) is 5.68. The van der Waals surface area contributed by atoms with E-state index in [1.807, 2.05) is 6.07 Å². The van der Waals surface area contributed by atoms with Gasteiger partial charge in [-0.1, -0.05) is 48.2 Å². The van der Waals surface area contributed by atoms with Crippen LogP contribution in [0.1, 0.15) is 30.9 Å². The summed E-state index contributed by atoms with van der Waals surface area (Å²) in [7, 11) is 1.65. The number of anilines is 2. The molecule has 0 spiro atoms. The van der Waals surface area contributed by atoms with Gasteiger partial charge < -0.3 is 15.5 Å². The smallest absolute Gasteiger partial charge is 0.239 e. The molecule has 1 fully saturated rings. The van der Waals surface area contributed by atoms with Gasteiger partial charge in [-0.3, -0.25) is 9.59 Å². The van der Waals surface area contributed by atoms with Gasteiger partial charge in [0.2, 0.25) is 16.9 Å². The minimum atomic E-state index is -0.104. The molecule has 0 unspecified atom stereocenters. The van der Waals surface area contributed by atoms with Crippen LogP contribution < -0.4 is 10.6 Å². The summed E-state index contributed by atoms with van der Waals surface area (Å²) in [5.41, 5.74) is 3.45. The molecule has 0 bridgehead atoms. The molecule has 2 aromatic rings. The Labute approximate surface area is 173 Å². The van der Waals surface area contributed by atoms with Gasteiger partial charge in [0, 0.05) is 18.8 Å². The highest BCUT2D eigenvalue weighted by Crippen LogP contribution is 2.30. The number of nitrogens with one attached hydrogen (secondary N) is 2. The quantitative estimate of drug-likeness (QED) is 0.608. The van der Waals surface area contributed by atoms with Crippen molar-refractivity contribution in [3.05, 3.63) is 29.3 Å². The van der Waals surface area contributed by atoms with E-state index in [1.54, 1.807) is 7.05 Å². The van der Waals surface area contributed by atoms with Crippen LogP contribution in [-0.2, 0) is 16.0 Å². The molecule has 1 aliphatic rings. The maximum atomic E-state index is 12.2. The lowest BCUT2D eigenvalue weighted by Crippen LogP contribution is -2.39. The van der Waals surface area contributed by atoms with Gasteiger partial charge >= 0.3 is 0 Å². The Hall–Kier alpha value is -2.13. The third-order valence-electron chi connectivity index (χ3n) is 4.45. The van der Waals surface area contributed by atoms with E-state index in [-0.39, 0.29) is 24.1 Å². The van der Waals surface area contributed by atoms with Gasteiger partial charge in [-0.2, -0.15) is 0 Å². The number of thioether (sulfide) groups is 1. The molecular weight excluding hydrogens is 394 g/mol. The fourth-order valence-corrected chi connectivity index (χ4v) is 4.36. The first kappa shape index (κ1) is 20.6. The van der Waals surface area contributed by atoms with E-state index in [0.29, 0.717) is 11.2 Å². The molecule has 9 heteroatoms. The Morgan fingerprint density at radius 2 is 2.11 bits per heavy atom. The first-order valence-electron chi connectivity index (χ1n) is 9.31. The topological polar surface area (TPSA) is 87.2 Å². The molecule has 0 atom stereocenters. The van der Waals surface area contributed by atoms with Gasteiger partial charge in [-0.15, -0.1) is 10.2 Å². The third-order valence-corrected chi connectivity index (χ3v) is 6.40. The molecule has 2 amide bonds. The zero-order valence-corrected chi connectivity index (χ0v) is 18.0. The van der Waals surface area contributed by atoms with Crippen LogP contribution in [0.25, 0.3) is 0 Å². The Kier molecular flexibility index (Phi) is 6.90. The minimum absolute atomic E-state index is 0.0892. The number of amides is 2. The number of carbonyl (C=O) groups excluding carboxylic acids is 2. The maximum Gasteiger partial charge on any atom is 0.239 e. The molecule has 2 N–H and O–H groups in total. The van der Waals surface area contributed by atoms with Crippen molar-refractivity contribution < 1.29 is 9.59 Å². The number of rotatable bonds is 9. The summed E-state index contributed by atoms with van der Waals surface area (Å²) in [6.07, 6.45) is 3.00. The number of para-hydroxylation sites is 1. The van der Waals surface area contributed by atoms with E-state index in [1.165, 1.54) is 33.6 Å². The van der Waals surface area contributed by atoms with Crippen LogP contribution >= 0.6 is 23.1 Å². The Morgan fingerprint density at radius 3 is 2.82 bits per heavy atom. The summed E-state index contributed by atoms with van der Waals surface area (Å²) in [4.78, 5) is 25.5. The van der Waals surface area contributed by atoms with Gasteiger partial charge in [0.25, 0.3) is 0 Å². The average molecular weight is 420 g/mol. The number of benzene rings is 1. The van der Waals surface area contributed by atoms with Crippen molar-refractivity contribution in [3.63, 3.8) is 0 Å². The number of carbonyl (C=O) groups is 2. The van der Waals surface area contributed by atoms with E-state index < -0.39 is 0 Å². The second-order valence-electron chi connectivity index (χ2n) is 6.84. The standard InChI is InChI=1S/C19H25N5O2S2/c1-4-13-7-5-6-12(2)17(13)21-18-22-23-19(28-18)27-11-16(26)24(3)10-15(25)20-14-8-9-14/h5-7,14H,4,8-11H2,1-3H3,(H,20,25)(H,21,22). The highest BCUT2D eigenvalue weighted by atomic mass is 32.2. The molecule has 1 aromatic heterocycles. The van der Waals surface area contributed by atoms with Crippen molar-refractivity contribution in [2.75, 3.05) is 24.7 Å². The first-order chi connectivity index (χ1) is 13.5. The highest BCUT2D eigenvalue weighted by molar-refractivity contribution is 8.01. The number of nitrogens with zero attached hydrogens (tertiary/aromatic N) is 3. The highest BCUT2D eigenvalue weighted by Gasteiger charge is 2.24. The lowest BCUT2D eigenvalue weighted by atomic mass is 10.1. The van der Waals surface area contributed by atoms with Crippen molar-refractivity contribution in [1.29, 1.82) is 0 Å². The monoisotopic (exact) mass is 419 g/mol. The van der Waals surface area contributed by atoms with Crippen molar-refractivity contribution in [1.82, 2.24) is 20.4 Å². The summed E-state index contributed by atoms with van der Waals surface area (Å²) in [6, 6.07) is 6.51. The zero-order valence-electron chi connectivity index (χ0n) is 16.3. The Morgan fingerprint density at radius 1 is 1.32 bits per heavy atom. The lowest BCUT2D eigenvalue weighted by Gasteiger charge is -2.16. The summed E-state index contributed by atoms with van der Waals surface area (Å²) >= 11 is 2.76. The Bertz CT molecular complexity index is 851. The van der Waals surface area contributed by atoms with Crippen LogP contribution in [0.15, 0.2) is 22.5 Å². The lowest BCUT2D eigenvalue weighted by molar-refractivity contribution is -0.132. The van der Waals surface area contributed by atoms with Gasteiger partial charge in [0.1, 0.15) is 0 Å². The zero-order chi connectivity index (χ0) is 20.1. The summed E-state index contributed by atoms with van der Waals surface area (Å²) in [5, 5.41) is 15.3. The minimum Gasteiger partial charge on any atom is -0.352 e. The number of aryl methyl sites for hydroxylation is 2. The van der Waals surface area contributed by atoms with E-state index in [4.69, 9.17) is 0 Å². The summed E-state index contributed by atoms with van der Waals surface area (Å²) < 4.78 is 0.721. The summed E-state index contributed by atoms with van der Waals surface area (Å²) in [6.45, 7) is 4.27. The van der Waals surface area contributed by atoms with Gasteiger partial charge in [0.15, 0.2) is 4.34 Å². The first-order valence-corrected chi connectivity index (χ1v) is 11.1. The van der Waals surface area contributed by atoms with Crippen molar-refractivity contribution in [2.45, 2.75) is 43.5 Å².